The largest absolute Gasteiger partial charge is 0.481 e. The van der Waals surface area contributed by atoms with E-state index in [1.165, 1.54) is 0 Å². The molecule has 1 saturated heterocycles. The summed E-state index contributed by atoms with van der Waals surface area (Å²) < 4.78 is 13.5. The smallest absolute Gasteiger partial charge is 0.390 e. The fourth-order valence-electron chi connectivity index (χ4n) is 6.06. The van der Waals surface area contributed by atoms with Crippen LogP contribution in [0.25, 0.3) is 0 Å². The Morgan fingerprint density at radius 1 is 1.15 bits per heavy atom. The average Bonchev–Trinajstić information content (AvgIpc) is 3.53. The van der Waals surface area contributed by atoms with Gasteiger partial charge in [-0.3, -0.25) is 14.5 Å². The number of rotatable bonds is 14. The third kappa shape index (κ3) is 7.95. The summed E-state index contributed by atoms with van der Waals surface area (Å²) >= 11 is 0. The van der Waals surface area contributed by atoms with E-state index < -0.39 is 17.9 Å². The molecule has 0 saturated carbocycles. The van der Waals surface area contributed by atoms with Gasteiger partial charge in [0, 0.05) is 44.4 Å². The number of hydrogen-bond acceptors (Lipinski definition) is 6. The monoisotopic (exact) mass is 570 g/mol. The number of carbonyl (C=O) groups excluding carboxylic acids is 2. The predicted octanol–water partition coefficient (Wildman–Crippen LogP) is 2.57. The second-order valence-electron chi connectivity index (χ2n) is 12.3. The molecular weight excluding hydrogens is 524 g/mol. The van der Waals surface area contributed by atoms with Gasteiger partial charge in [-0.2, -0.15) is 4.58 Å². The number of carbonyl (C=O) groups is 3. The summed E-state index contributed by atoms with van der Waals surface area (Å²) in [5.41, 5.74) is 0.857. The average molecular weight is 571 g/mol. The molecule has 0 aliphatic carbocycles. The molecule has 0 bridgehead atoms. The fourth-order valence-corrected chi connectivity index (χ4v) is 6.06. The molecule has 0 spiro atoms. The lowest BCUT2D eigenvalue weighted by Gasteiger charge is -2.30. The SMILES string of the molecule is CCCCN(CCC[N+](C)(C)C)C(=O)CN1C[C@H](c2ccc3c(c2)OCO3)[C@@H](C(=O)O)[C@@H]1CC[N+]1=CC=CCC1=O. The van der Waals surface area contributed by atoms with Crippen molar-refractivity contribution in [2.24, 2.45) is 5.92 Å². The van der Waals surface area contributed by atoms with Crippen molar-refractivity contribution in [1.82, 2.24) is 9.80 Å². The number of benzene rings is 1. The van der Waals surface area contributed by atoms with Crippen molar-refractivity contribution in [1.29, 1.82) is 0 Å². The van der Waals surface area contributed by atoms with Gasteiger partial charge in [-0.25, -0.2) is 4.79 Å². The number of unbranched alkanes of at least 4 members (excludes halogenated alkanes) is 1. The van der Waals surface area contributed by atoms with Crippen molar-refractivity contribution in [3.63, 3.8) is 0 Å². The van der Waals surface area contributed by atoms with E-state index in [9.17, 15) is 19.5 Å². The molecule has 3 heterocycles. The van der Waals surface area contributed by atoms with Crippen molar-refractivity contribution in [2.75, 3.05) is 67.2 Å². The molecular formula is C31H46N4O6+2. The number of carboxylic acid groups (broad SMARTS) is 1. The Bertz CT molecular complexity index is 1170. The van der Waals surface area contributed by atoms with Crippen LogP contribution in [0.2, 0.25) is 0 Å². The number of ether oxygens (including phenoxy) is 2. The maximum absolute atomic E-state index is 13.8. The van der Waals surface area contributed by atoms with E-state index >= 15 is 0 Å². The van der Waals surface area contributed by atoms with Crippen molar-refractivity contribution in [3.05, 3.63) is 35.9 Å². The summed E-state index contributed by atoms with van der Waals surface area (Å²) in [5.74, 6) is -0.675. The van der Waals surface area contributed by atoms with Crippen LogP contribution >= 0.6 is 0 Å². The zero-order chi connectivity index (χ0) is 29.6. The summed E-state index contributed by atoms with van der Waals surface area (Å²) in [6.07, 6.45) is 9.04. The molecule has 0 unspecified atom stereocenters. The van der Waals surface area contributed by atoms with E-state index in [4.69, 9.17) is 9.47 Å². The first-order valence-electron chi connectivity index (χ1n) is 14.8. The first-order chi connectivity index (χ1) is 19.6. The van der Waals surface area contributed by atoms with Crippen LogP contribution in [0.3, 0.4) is 0 Å². The zero-order valence-electron chi connectivity index (χ0n) is 25.0. The molecule has 3 aliphatic rings. The first-order valence-corrected chi connectivity index (χ1v) is 14.8. The van der Waals surface area contributed by atoms with Gasteiger partial charge >= 0.3 is 11.9 Å². The van der Waals surface area contributed by atoms with Gasteiger partial charge in [-0.15, -0.1) is 0 Å². The fraction of sp³-hybridized carbons (Fsp3) is 0.613. The van der Waals surface area contributed by atoms with Crippen LogP contribution in [0.1, 0.15) is 50.5 Å². The van der Waals surface area contributed by atoms with Gasteiger partial charge in [0.1, 0.15) is 0 Å². The van der Waals surface area contributed by atoms with Crippen molar-refractivity contribution >= 4 is 24.0 Å². The van der Waals surface area contributed by atoms with Crippen LogP contribution in [0, 0.1) is 5.92 Å². The summed E-state index contributed by atoms with van der Waals surface area (Å²) in [5, 5.41) is 10.5. The highest BCUT2D eigenvalue weighted by atomic mass is 16.7. The van der Waals surface area contributed by atoms with E-state index in [2.05, 4.69) is 28.1 Å². The lowest BCUT2D eigenvalue weighted by Crippen LogP contribution is -2.46. The quantitative estimate of drug-likeness (QED) is 0.271. The molecule has 1 aromatic rings. The molecule has 41 heavy (non-hydrogen) atoms. The molecule has 0 radical (unpaired) electrons. The number of hydrogen-bond donors (Lipinski definition) is 1. The summed E-state index contributed by atoms with van der Waals surface area (Å²) in [4.78, 5) is 43.0. The highest BCUT2D eigenvalue weighted by molar-refractivity contribution is 5.81. The van der Waals surface area contributed by atoms with Crippen molar-refractivity contribution in [2.45, 2.75) is 51.0 Å². The Hall–Kier alpha value is -3.24. The summed E-state index contributed by atoms with van der Waals surface area (Å²) in [6.45, 7) is 5.60. The van der Waals surface area contributed by atoms with Crippen LogP contribution < -0.4 is 9.47 Å². The molecule has 4 rings (SSSR count). The summed E-state index contributed by atoms with van der Waals surface area (Å²) in [7, 11) is 6.45. The number of allylic oxidation sites excluding steroid dienone is 1. The highest BCUT2D eigenvalue weighted by Gasteiger charge is 2.48. The predicted molar refractivity (Wildman–Crippen MR) is 155 cm³/mol. The van der Waals surface area contributed by atoms with Crippen LogP contribution in [-0.4, -0.2) is 121 Å². The minimum atomic E-state index is -0.896. The number of nitrogens with zero attached hydrogens (tertiary/aromatic N) is 4. The van der Waals surface area contributed by atoms with Crippen molar-refractivity contribution in [3.8, 4) is 11.5 Å². The normalized spacial score (nSPS) is 22.2. The van der Waals surface area contributed by atoms with E-state index in [0.29, 0.717) is 50.5 Å². The minimum absolute atomic E-state index is 0.00434. The molecule has 0 aromatic heterocycles. The highest BCUT2D eigenvalue weighted by Crippen LogP contribution is 2.42. The Labute approximate surface area is 243 Å². The Kier molecular flexibility index (Phi) is 10.2. The lowest BCUT2D eigenvalue weighted by molar-refractivity contribution is -0.870. The van der Waals surface area contributed by atoms with E-state index in [1.807, 2.05) is 40.2 Å². The Morgan fingerprint density at radius 3 is 2.61 bits per heavy atom. The van der Waals surface area contributed by atoms with Crippen LogP contribution in [0.4, 0.5) is 0 Å². The van der Waals surface area contributed by atoms with E-state index in [0.717, 1.165) is 35.9 Å². The van der Waals surface area contributed by atoms with Crippen LogP contribution in [0.5, 0.6) is 11.5 Å². The van der Waals surface area contributed by atoms with E-state index in [1.54, 1.807) is 10.8 Å². The third-order valence-corrected chi connectivity index (χ3v) is 8.27. The second kappa shape index (κ2) is 13.6. The minimum Gasteiger partial charge on any atom is -0.481 e. The zero-order valence-corrected chi connectivity index (χ0v) is 25.0. The molecule has 3 atom stereocenters. The van der Waals surface area contributed by atoms with Gasteiger partial charge in [-0.1, -0.05) is 25.5 Å². The van der Waals surface area contributed by atoms with Gasteiger partial charge in [0.05, 0.1) is 46.6 Å². The number of likely N-dealkylation sites (tertiary alicyclic amines) is 1. The van der Waals surface area contributed by atoms with Crippen molar-refractivity contribution < 1.29 is 38.0 Å². The second-order valence-corrected chi connectivity index (χ2v) is 12.3. The molecule has 1 aromatic carbocycles. The molecule has 224 valence electrons. The van der Waals surface area contributed by atoms with Gasteiger partial charge in [0.15, 0.2) is 24.3 Å². The number of aliphatic carboxylic acids is 1. The topological polar surface area (TPSA) is 99.4 Å². The molecule has 1 N–H and O–H groups in total. The molecule has 3 aliphatic heterocycles. The maximum atomic E-state index is 13.8. The molecule has 10 nitrogen and oxygen atoms in total. The van der Waals surface area contributed by atoms with Crippen LogP contribution in [0.15, 0.2) is 30.4 Å². The number of amides is 2. The standard InChI is InChI=1S/C31H45N4O6/c1-5-6-14-32(16-9-18-35(2,3)4)29(37)21-34-20-24(23-11-12-26-27(19-23)41-22-40-26)30(31(38)39)25(34)13-17-33-15-8-7-10-28(33)36/h7-8,11-12,15,19,24-25,30H,5-6,9-10,13-14,16-18,20-22H2,1-4H3/q+1/p+1/t24-,25+,30-/m1/s1. The van der Waals surface area contributed by atoms with Gasteiger partial charge in [-0.05, 0) is 30.2 Å². The molecule has 2 amide bonds. The summed E-state index contributed by atoms with van der Waals surface area (Å²) in [6, 6.07) is 5.20. The first kappa shape index (κ1) is 30.7. The van der Waals surface area contributed by atoms with Gasteiger partial charge in [0.2, 0.25) is 12.7 Å². The number of carboxylic acids is 1. The molecule has 10 heteroatoms. The Morgan fingerprint density at radius 2 is 1.90 bits per heavy atom. The number of quaternary nitrogens is 1. The van der Waals surface area contributed by atoms with E-state index in [-0.39, 0.29) is 31.1 Å². The molecule has 1 fully saturated rings. The van der Waals surface area contributed by atoms with Crippen LogP contribution in [-0.2, 0) is 14.4 Å². The lowest BCUT2D eigenvalue weighted by atomic mass is 9.84. The van der Waals surface area contributed by atoms with Gasteiger partial charge in [0.25, 0.3) is 0 Å². The maximum Gasteiger partial charge on any atom is 0.390 e. The van der Waals surface area contributed by atoms with Gasteiger partial charge < -0.3 is 24.0 Å². The Balaban J connectivity index is 1.57. The third-order valence-electron chi connectivity index (χ3n) is 8.27. The number of fused-ring (bicyclic) bond motifs is 1.